The second-order valence-corrected chi connectivity index (χ2v) is 9.56. The van der Waals surface area contributed by atoms with E-state index in [-0.39, 0.29) is 5.97 Å². The molecule has 2 heterocycles. The third kappa shape index (κ3) is 11.1. The van der Waals surface area contributed by atoms with Crippen LogP contribution in [0, 0.1) is 5.92 Å². The van der Waals surface area contributed by atoms with E-state index in [9.17, 15) is 4.79 Å². The molecule has 5 atom stereocenters. The van der Waals surface area contributed by atoms with Crippen molar-refractivity contribution >= 4 is 5.97 Å². The third-order valence-electron chi connectivity index (χ3n) is 6.82. The summed E-state index contributed by atoms with van der Waals surface area (Å²) < 4.78 is 17.1. The van der Waals surface area contributed by atoms with Crippen LogP contribution in [0.3, 0.4) is 0 Å². The van der Waals surface area contributed by atoms with Gasteiger partial charge in [-0.2, -0.15) is 0 Å². The Kier molecular flexibility index (Phi) is 13.0. The molecule has 0 radical (unpaired) electrons. The lowest BCUT2D eigenvalue weighted by Gasteiger charge is -2.14. The predicted octanol–water partition coefficient (Wildman–Crippen LogP) is 6.98. The Morgan fingerprint density at radius 1 is 0.767 bits per heavy atom. The average molecular weight is 425 g/mol. The van der Waals surface area contributed by atoms with Crippen molar-refractivity contribution in [3.63, 3.8) is 0 Å². The number of carbonyl (C=O) groups is 1. The Morgan fingerprint density at radius 2 is 1.37 bits per heavy atom. The lowest BCUT2D eigenvalue weighted by molar-refractivity contribution is -0.145. The van der Waals surface area contributed by atoms with Crippen LogP contribution in [-0.2, 0) is 19.0 Å². The van der Waals surface area contributed by atoms with Gasteiger partial charge in [0.15, 0.2) is 0 Å². The summed E-state index contributed by atoms with van der Waals surface area (Å²) in [5.74, 6) is 0.537. The van der Waals surface area contributed by atoms with Crippen molar-refractivity contribution in [2.24, 2.45) is 5.92 Å². The molecule has 2 rings (SSSR count). The quantitative estimate of drug-likeness (QED) is 0.120. The van der Waals surface area contributed by atoms with Gasteiger partial charge in [0, 0.05) is 12.8 Å². The molecule has 0 aliphatic carbocycles. The summed E-state index contributed by atoms with van der Waals surface area (Å²) >= 11 is 0. The minimum Gasteiger partial charge on any atom is -0.465 e. The highest BCUT2D eigenvalue weighted by Crippen LogP contribution is 2.39. The summed E-state index contributed by atoms with van der Waals surface area (Å²) in [6.45, 7) is 7.26. The Bertz CT molecular complexity index is 452. The number of carbonyl (C=O) groups excluding carboxylic acids is 1. The van der Waals surface area contributed by atoms with Crippen LogP contribution in [0.1, 0.15) is 124 Å². The summed E-state index contributed by atoms with van der Waals surface area (Å²) in [5, 5.41) is 0. The van der Waals surface area contributed by atoms with Gasteiger partial charge < -0.3 is 14.2 Å². The Hall–Kier alpha value is -0.610. The maximum atomic E-state index is 11.9. The van der Waals surface area contributed by atoms with Gasteiger partial charge in [0.2, 0.25) is 0 Å². The first-order valence-electron chi connectivity index (χ1n) is 13.1. The highest BCUT2D eigenvalue weighted by Gasteiger charge is 2.47. The van der Waals surface area contributed by atoms with Gasteiger partial charge in [0.1, 0.15) is 0 Å². The first-order valence-corrected chi connectivity index (χ1v) is 13.1. The van der Waals surface area contributed by atoms with Crippen molar-refractivity contribution in [2.45, 2.75) is 148 Å². The number of hydrogen-bond acceptors (Lipinski definition) is 4. The molecule has 2 saturated heterocycles. The van der Waals surface area contributed by atoms with Gasteiger partial charge in [-0.1, -0.05) is 85.0 Å². The van der Waals surface area contributed by atoms with Crippen molar-refractivity contribution in [1.29, 1.82) is 0 Å². The molecule has 0 aromatic carbocycles. The van der Waals surface area contributed by atoms with Crippen LogP contribution in [0.4, 0.5) is 0 Å². The summed E-state index contributed by atoms with van der Waals surface area (Å²) in [7, 11) is 0. The summed E-state index contributed by atoms with van der Waals surface area (Å²) in [6, 6.07) is 0. The van der Waals surface area contributed by atoms with Crippen molar-refractivity contribution in [3.05, 3.63) is 0 Å². The maximum absolute atomic E-state index is 11.9. The van der Waals surface area contributed by atoms with E-state index >= 15 is 0 Å². The molecule has 2 fully saturated rings. The number of epoxide rings is 2. The number of unbranched alkanes of at least 4 members (excludes halogenated alkanes) is 7. The van der Waals surface area contributed by atoms with Gasteiger partial charge in [0.25, 0.3) is 0 Å². The molecule has 0 saturated carbocycles. The van der Waals surface area contributed by atoms with Crippen LogP contribution in [-0.4, -0.2) is 37.0 Å². The van der Waals surface area contributed by atoms with E-state index in [1.54, 1.807) is 0 Å². The second kappa shape index (κ2) is 15.2. The van der Waals surface area contributed by atoms with E-state index in [1.165, 1.54) is 70.6 Å². The molecule has 0 spiro atoms. The Balaban J connectivity index is 1.34. The van der Waals surface area contributed by atoms with Crippen LogP contribution in [0.25, 0.3) is 0 Å². The zero-order chi connectivity index (χ0) is 21.6. The Labute approximate surface area is 185 Å². The topological polar surface area (TPSA) is 51.4 Å². The highest BCUT2D eigenvalue weighted by atomic mass is 16.6. The largest absolute Gasteiger partial charge is 0.465 e. The van der Waals surface area contributed by atoms with Crippen LogP contribution in [0.15, 0.2) is 0 Å². The molecule has 2 aliphatic rings. The van der Waals surface area contributed by atoms with E-state index in [2.05, 4.69) is 20.8 Å². The first-order chi connectivity index (χ1) is 14.7. The molecule has 0 N–H and O–H groups in total. The van der Waals surface area contributed by atoms with Crippen molar-refractivity contribution < 1.29 is 19.0 Å². The van der Waals surface area contributed by atoms with E-state index in [0.29, 0.717) is 43.4 Å². The summed E-state index contributed by atoms with van der Waals surface area (Å²) in [5.41, 5.74) is 0. The molecule has 4 nitrogen and oxygen atoms in total. The maximum Gasteiger partial charge on any atom is 0.305 e. The number of hydrogen-bond donors (Lipinski definition) is 0. The zero-order valence-electron chi connectivity index (χ0n) is 20.0. The molecule has 30 heavy (non-hydrogen) atoms. The fraction of sp³-hybridized carbons (Fsp3) is 0.962. The second-order valence-electron chi connectivity index (χ2n) is 9.56. The normalized spacial score (nSPS) is 25.8. The molecule has 4 heteroatoms. The SMILES string of the molecule is CCCCCC1OC1CC1OC1CCCCCCCC(=O)OCC(CC)CCCC. The standard InChI is InChI=1S/C26H48O4/c1-4-7-12-16-22-24(29-22)19-25-23(30-25)17-13-10-9-11-14-18-26(27)28-20-21(6-3)15-8-5-2/h21-25H,4-20H2,1-3H3. The fourth-order valence-corrected chi connectivity index (χ4v) is 4.43. The van der Waals surface area contributed by atoms with Gasteiger partial charge in [-0.05, 0) is 31.6 Å². The van der Waals surface area contributed by atoms with Crippen LogP contribution in [0.2, 0.25) is 0 Å². The fourth-order valence-electron chi connectivity index (χ4n) is 4.43. The molecular weight excluding hydrogens is 376 g/mol. The minimum absolute atomic E-state index is 0.00513. The molecular formula is C26H48O4. The lowest BCUT2D eigenvalue weighted by atomic mass is 10.0. The van der Waals surface area contributed by atoms with Gasteiger partial charge in [-0.25, -0.2) is 0 Å². The van der Waals surface area contributed by atoms with E-state index in [1.807, 2.05) is 0 Å². The number of rotatable bonds is 20. The molecule has 0 aromatic rings. The number of esters is 1. The van der Waals surface area contributed by atoms with Gasteiger partial charge in [-0.15, -0.1) is 0 Å². The van der Waals surface area contributed by atoms with Gasteiger partial charge in [-0.3, -0.25) is 4.79 Å². The molecule has 176 valence electrons. The highest BCUT2D eigenvalue weighted by molar-refractivity contribution is 5.69. The molecule has 0 amide bonds. The average Bonchev–Trinajstić information content (AvgIpc) is 3.66. The molecule has 0 aromatic heterocycles. The lowest BCUT2D eigenvalue weighted by Crippen LogP contribution is -2.13. The third-order valence-corrected chi connectivity index (χ3v) is 6.82. The van der Waals surface area contributed by atoms with Crippen LogP contribution >= 0.6 is 0 Å². The van der Waals surface area contributed by atoms with Crippen molar-refractivity contribution in [3.8, 4) is 0 Å². The molecule has 0 bridgehead atoms. The first kappa shape index (κ1) is 25.6. The van der Waals surface area contributed by atoms with Crippen molar-refractivity contribution in [2.75, 3.05) is 6.61 Å². The van der Waals surface area contributed by atoms with Gasteiger partial charge in [0.05, 0.1) is 31.0 Å². The van der Waals surface area contributed by atoms with Crippen LogP contribution in [0.5, 0.6) is 0 Å². The summed E-state index contributed by atoms with van der Waals surface area (Å²) in [6.07, 6.45) is 20.5. The molecule has 2 aliphatic heterocycles. The Morgan fingerprint density at radius 3 is 2.00 bits per heavy atom. The van der Waals surface area contributed by atoms with E-state index in [0.717, 1.165) is 25.7 Å². The minimum atomic E-state index is -0.00513. The molecule has 5 unspecified atom stereocenters. The van der Waals surface area contributed by atoms with Crippen LogP contribution < -0.4 is 0 Å². The zero-order valence-corrected chi connectivity index (χ0v) is 20.0. The van der Waals surface area contributed by atoms with Crippen molar-refractivity contribution in [1.82, 2.24) is 0 Å². The van der Waals surface area contributed by atoms with E-state index < -0.39 is 0 Å². The monoisotopic (exact) mass is 424 g/mol. The van der Waals surface area contributed by atoms with Gasteiger partial charge >= 0.3 is 5.97 Å². The van der Waals surface area contributed by atoms with E-state index in [4.69, 9.17) is 14.2 Å². The number of ether oxygens (including phenoxy) is 3. The predicted molar refractivity (Wildman–Crippen MR) is 123 cm³/mol. The smallest absolute Gasteiger partial charge is 0.305 e. The summed E-state index contributed by atoms with van der Waals surface area (Å²) in [4.78, 5) is 11.9.